The third-order valence-electron chi connectivity index (χ3n) is 6.53. The van der Waals surface area contributed by atoms with E-state index >= 15 is 0 Å². The van der Waals surface area contributed by atoms with E-state index in [0.29, 0.717) is 66.1 Å². The van der Waals surface area contributed by atoms with Crippen LogP contribution in [0, 0.1) is 0 Å². The Balaban J connectivity index is 1.31. The normalized spacial score (nSPS) is 12.9. The monoisotopic (exact) mass is 596 g/mol. The fourth-order valence-electron chi connectivity index (χ4n) is 4.36. The molecule has 4 rings (SSSR count). The number of hydrogen-bond acceptors (Lipinski definition) is 7. The number of nitrogens with zero attached hydrogens (tertiary/aromatic N) is 2. The predicted molar refractivity (Wildman–Crippen MR) is 165 cm³/mol. The van der Waals surface area contributed by atoms with Crippen molar-refractivity contribution in [1.82, 2.24) is 10.2 Å². The number of benzene rings is 3. The lowest BCUT2D eigenvalue weighted by Gasteiger charge is -2.36. The standard InChI is InChI=1S/C30H33ClN4O5S/c1-4-15-40-23-8-5-20(6-9-23)29(37)35-13-11-34(12-14-35)27-10-7-22(18-26(27)31)32-30(41)33-28(36)21-16-24(38-2)19-25(17-21)39-3/h5-10,16-19H,4,11-15H2,1-3H3,(H2,32,33,36,41). The van der Waals surface area contributed by atoms with Crippen LogP contribution in [0.15, 0.2) is 60.7 Å². The first kappa shape index (κ1) is 30.0. The molecule has 1 aliphatic heterocycles. The van der Waals surface area contributed by atoms with Crippen molar-refractivity contribution in [2.24, 2.45) is 0 Å². The van der Waals surface area contributed by atoms with Gasteiger partial charge in [0.2, 0.25) is 0 Å². The van der Waals surface area contributed by atoms with Gasteiger partial charge in [-0.2, -0.15) is 0 Å². The summed E-state index contributed by atoms with van der Waals surface area (Å²) < 4.78 is 16.1. The molecule has 1 saturated heterocycles. The lowest BCUT2D eigenvalue weighted by Crippen LogP contribution is -2.48. The molecular weight excluding hydrogens is 564 g/mol. The average Bonchev–Trinajstić information content (AvgIpc) is 2.99. The molecule has 0 radical (unpaired) electrons. The quantitative estimate of drug-likeness (QED) is 0.324. The smallest absolute Gasteiger partial charge is 0.257 e. The van der Waals surface area contributed by atoms with E-state index in [1.165, 1.54) is 14.2 Å². The molecule has 1 fully saturated rings. The summed E-state index contributed by atoms with van der Waals surface area (Å²) >= 11 is 12.0. The largest absolute Gasteiger partial charge is 0.497 e. The van der Waals surface area contributed by atoms with Crippen LogP contribution in [0.1, 0.15) is 34.1 Å². The molecule has 41 heavy (non-hydrogen) atoms. The highest BCUT2D eigenvalue weighted by Gasteiger charge is 2.23. The van der Waals surface area contributed by atoms with Crippen molar-refractivity contribution < 1.29 is 23.8 Å². The van der Waals surface area contributed by atoms with Gasteiger partial charge in [-0.1, -0.05) is 18.5 Å². The summed E-state index contributed by atoms with van der Waals surface area (Å²) in [6.45, 7) is 5.15. The number of anilines is 2. The Morgan fingerprint density at radius 1 is 0.878 bits per heavy atom. The number of hydrogen-bond donors (Lipinski definition) is 2. The van der Waals surface area contributed by atoms with Gasteiger partial charge in [-0.05, 0) is 73.2 Å². The number of ether oxygens (including phenoxy) is 3. The molecule has 2 amide bonds. The summed E-state index contributed by atoms with van der Waals surface area (Å²) in [5.74, 6) is 1.34. The van der Waals surface area contributed by atoms with E-state index in [9.17, 15) is 9.59 Å². The zero-order chi connectivity index (χ0) is 29.4. The molecule has 0 atom stereocenters. The van der Waals surface area contributed by atoms with E-state index in [4.69, 9.17) is 38.0 Å². The van der Waals surface area contributed by atoms with Crippen molar-refractivity contribution in [3.63, 3.8) is 0 Å². The maximum Gasteiger partial charge on any atom is 0.257 e. The summed E-state index contributed by atoms with van der Waals surface area (Å²) in [6.07, 6.45) is 0.932. The number of nitrogens with one attached hydrogen (secondary N) is 2. The number of methoxy groups -OCH3 is 2. The molecule has 0 aromatic heterocycles. The van der Waals surface area contributed by atoms with Gasteiger partial charge in [0.25, 0.3) is 11.8 Å². The molecule has 9 nitrogen and oxygen atoms in total. The third kappa shape index (κ3) is 7.80. The second-order valence-corrected chi connectivity index (χ2v) is 10.1. The minimum Gasteiger partial charge on any atom is -0.497 e. The molecule has 0 unspecified atom stereocenters. The first-order valence-corrected chi connectivity index (χ1v) is 14.0. The zero-order valence-corrected chi connectivity index (χ0v) is 24.8. The highest BCUT2D eigenvalue weighted by Crippen LogP contribution is 2.30. The van der Waals surface area contributed by atoms with E-state index in [2.05, 4.69) is 22.5 Å². The molecule has 1 aliphatic rings. The molecule has 0 saturated carbocycles. The Morgan fingerprint density at radius 2 is 1.54 bits per heavy atom. The Morgan fingerprint density at radius 3 is 2.12 bits per heavy atom. The molecule has 0 aliphatic carbocycles. The molecule has 3 aromatic carbocycles. The first-order chi connectivity index (χ1) is 19.8. The van der Waals surface area contributed by atoms with E-state index < -0.39 is 5.91 Å². The molecular formula is C30H33ClN4O5S. The van der Waals surface area contributed by atoms with Crippen LogP contribution in [-0.2, 0) is 0 Å². The third-order valence-corrected chi connectivity index (χ3v) is 7.03. The van der Waals surface area contributed by atoms with Crippen molar-refractivity contribution in [2.75, 3.05) is 57.2 Å². The van der Waals surface area contributed by atoms with Crippen LogP contribution < -0.4 is 29.7 Å². The van der Waals surface area contributed by atoms with Crippen molar-refractivity contribution in [3.8, 4) is 17.2 Å². The second kappa shape index (κ2) is 14.0. The number of carbonyl (C=O) groups is 2. The number of amides is 2. The maximum absolute atomic E-state index is 13.0. The fourth-order valence-corrected chi connectivity index (χ4v) is 4.87. The van der Waals surface area contributed by atoms with Crippen molar-refractivity contribution in [2.45, 2.75) is 13.3 Å². The Hall–Kier alpha value is -4.02. The van der Waals surface area contributed by atoms with Crippen molar-refractivity contribution in [3.05, 3.63) is 76.8 Å². The van der Waals surface area contributed by atoms with Crippen LogP contribution in [0.2, 0.25) is 5.02 Å². The van der Waals surface area contributed by atoms with Crippen molar-refractivity contribution in [1.29, 1.82) is 0 Å². The van der Waals surface area contributed by atoms with Crippen molar-refractivity contribution >= 4 is 52.1 Å². The number of thiocarbonyl (C=S) groups is 1. The lowest BCUT2D eigenvalue weighted by atomic mass is 10.1. The van der Waals surface area contributed by atoms with Gasteiger partial charge in [0.15, 0.2) is 5.11 Å². The lowest BCUT2D eigenvalue weighted by molar-refractivity contribution is 0.0746. The summed E-state index contributed by atoms with van der Waals surface area (Å²) in [4.78, 5) is 29.7. The minimum atomic E-state index is -0.407. The molecule has 11 heteroatoms. The Labute approximate surface area is 250 Å². The summed E-state index contributed by atoms with van der Waals surface area (Å²) in [6, 6.07) is 17.6. The molecule has 216 valence electrons. The van der Waals surface area contributed by atoms with Crippen LogP contribution in [-0.4, -0.2) is 68.8 Å². The number of piperazine rings is 1. The van der Waals surface area contributed by atoms with Gasteiger partial charge in [0, 0.05) is 49.1 Å². The van der Waals surface area contributed by atoms with Gasteiger partial charge < -0.3 is 29.3 Å². The van der Waals surface area contributed by atoms with E-state index in [0.717, 1.165) is 17.9 Å². The first-order valence-electron chi connectivity index (χ1n) is 13.2. The highest BCUT2D eigenvalue weighted by molar-refractivity contribution is 7.80. The molecule has 0 spiro atoms. The van der Waals surface area contributed by atoms with E-state index in [1.807, 2.05) is 41.3 Å². The molecule has 1 heterocycles. The van der Waals surface area contributed by atoms with Crippen LogP contribution >= 0.6 is 23.8 Å². The van der Waals surface area contributed by atoms with Crippen LogP contribution in [0.5, 0.6) is 17.2 Å². The molecule has 3 aromatic rings. The van der Waals surface area contributed by atoms with E-state index in [1.54, 1.807) is 24.3 Å². The topological polar surface area (TPSA) is 92.4 Å². The number of carbonyl (C=O) groups excluding carboxylic acids is 2. The molecule has 2 N–H and O–H groups in total. The number of halogens is 1. The van der Waals surface area contributed by atoms with Gasteiger partial charge in [-0.3, -0.25) is 14.9 Å². The maximum atomic E-state index is 13.0. The van der Waals surface area contributed by atoms with Crippen LogP contribution in [0.4, 0.5) is 11.4 Å². The van der Waals surface area contributed by atoms with Crippen LogP contribution in [0.25, 0.3) is 0 Å². The Bertz CT molecular complexity index is 1370. The number of rotatable bonds is 9. The highest BCUT2D eigenvalue weighted by atomic mass is 35.5. The van der Waals surface area contributed by atoms with Gasteiger partial charge in [-0.25, -0.2) is 0 Å². The minimum absolute atomic E-state index is 0.000265. The fraction of sp³-hybridized carbons (Fsp3) is 0.300. The van der Waals surface area contributed by atoms with Gasteiger partial charge in [0.05, 0.1) is 31.5 Å². The Kier molecular flexibility index (Phi) is 10.3. The van der Waals surface area contributed by atoms with Gasteiger partial charge >= 0.3 is 0 Å². The molecule has 0 bridgehead atoms. The zero-order valence-electron chi connectivity index (χ0n) is 23.2. The van der Waals surface area contributed by atoms with Gasteiger partial charge in [0.1, 0.15) is 17.2 Å². The summed E-state index contributed by atoms with van der Waals surface area (Å²) in [5, 5.41) is 6.31. The predicted octanol–water partition coefficient (Wildman–Crippen LogP) is 5.24. The van der Waals surface area contributed by atoms with E-state index in [-0.39, 0.29) is 11.0 Å². The average molecular weight is 597 g/mol. The van der Waals surface area contributed by atoms with Gasteiger partial charge in [-0.15, -0.1) is 0 Å². The summed E-state index contributed by atoms with van der Waals surface area (Å²) in [5.41, 5.74) is 2.48. The second-order valence-electron chi connectivity index (χ2n) is 9.33. The van der Waals surface area contributed by atoms with Crippen LogP contribution in [0.3, 0.4) is 0 Å². The SMILES string of the molecule is CCCOc1ccc(C(=O)N2CCN(c3ccc(NC(=S)NC(=O)c4cc(OC)cc(OC)c4)cc3Cl)CC2)cc1. The summed E-state index contributed by atoms with van der Waals surface area (Å²) in [7, 11) is 3.03.